The molecule has 2 heterocycles. The van der Waals surface area contributed by atoms with Crippen LogP contribution in [0.15, 0.2) is 217 Å². The molecule has 0 fully saturated rings. The lowest BCUT2D eigenvalue weighted by Gasteiger charge is -2.34. The summed E-state index contributed by atoms with van der Waals surface area (Å²) in [5, 5.41) is 4.76. The summed E-state index contributed by atoms with van der Waals surface area (Å²) >= 11 is 1.87. The number of nitrogens with zero attached hydrogens (tertiary/aromatic N) is 1. The van der Waals surface area contributed by atoms with E-state index < -0.39 is 5.41 Å². The molecule has 9 aromatic carbocycles. The number of benzene rings is 9. The van der Waals surface area contributed by atoms with Gasteiger partial charge in [-0.1, -0.05) is 158 Å². The SMILES string of the molecule is c1ccc(-c2cccc(N(c3ccc4c(c3)oc3ccccc34)c3cccc4c3sc3ccc(C5(c6ccccc6)c6ccccc6-c6ccccc65)cc34)c2)cc1. The van der Waals surface area contributed by atoms with Crippen molar-refractivity contribution in [2.75, 3.05) is 4.90 Å². The van der Waals surface area contributed by atoms with Gasteiger partial charge in [-0.05, 0) is 93.0 Å². The number of thiophene rings is 1. The average Bonchev–Trinajstić information content (AvgIpc) is 3.96. The van der Waals surface area contributed by atoms with Gasteiger partial charge in [0.05, 0.1) is 15.8 Å². The molecule has 12 rings (SSSR count). The van der Waals surface area contributed by atoms with E-state index in [1.54, 1.807) is 0 Å². The zero-order chi connectivity index (χ0) is 38.2. The van der Waals surface area contributed by atoms with Crippen molar-refractivity contribution in [2.45, 2.75) is 5.41 Å². The molecule has 0 radical (unpaired) electrons. The van der Waals surface area contributed by atoms with Crippen LogP contribution in [0.4, 0.5) is 17.1 Å². The van der Waals surface area contributed by atoms with E-state index in [9.17, 15) is 0 Å². The van der Waals surface area contributed by atoms with E-state index in [0.29, 0.717) is 0 Å². The molecule has 0 unspecified atom stereocenters. The smallest absolute Gasteiger partial charge is 0.137 e. The highest BCUT2D eigenvalue weighted by molar-refractivity contribution is 7.26. The van der Waals surface area contributed by atoms with Gasteiger partial charge >= 0.3 is 0 Å². The second-order valence-corrected chi connectivity index (χ2v) is 16.3. The van der Waals surface area contributed by atoms with E-state index in [1.807, 2.05) is 23.5 Å². The molecule has 0 saturated carbocycles. The summed E-state index contributed by atoms with van der Waals surface area (Å²) in [7, 11) is 0. The van der Waals surface area contributed by atoms with Crippen LogP contribution < -0.4 is 4.90 Å². The van der Waals surface area contributed by atoms with Gasteiger partial charge in [-0.3, -0.25) is 0 Å². The molecule has 0 amide bonds. The molecule has 272 valence electrons. The van der Waals surface area contributed by atoms with Crippen LogP contribution >= 0.6 is 11.3 Å². The fourth-order valence-corrected chi connectivity index (χ4v) is 10.8. The number of hydrogen-bond acceptors (Lipinski definition) is 3. The summed E-state index contributed by atoms with van der Waals surface area (Å²) in [5.74, 6) is 0. The standard InChI is InChI=1S/C55H35NOS/c1-3-15-36(16-4-1)37-17-13-20-40(33-37)56(41-30-31-45-44-23-9-12-28-51(44)57-52(45)35-41)50-27-14-24-46-47-34-39(29-32-53(47)58-54(46)50)55(38-18-5-2-6-19-38)48-25-10-7-21-42(48)43-22-8-11-26-49(43)55/h1-35H. The van der Waals surface area contributed by atoms with E-state index in [1.165, 1.54) is 64.7 Å². The average molecular weight is 758 g/mol. The van der Waals surface area contributed by atoms with Gasteiger partial charge in [0.1, 0.15) is 11.2 Å². The highest BCUT2D eigenvalue weighted by Crippen LogP contribution is 2.57. The Morgan fingerprint density at radius 3 is 1.84 bits per heavy atom. The fraction of sp³-hybridized carbons (Fsp3) is 0.0182. The van der Waals surface area contributed by atoms with Gasteiger partial charge < -0.3 is 9.32 Å². The zero-order valence-corrected chi connectivity index (χ0v) is 32.3. The van der Waals surface area contributed by atoms with E-state index in [-0.39, 0.29) is 0 Å². The number of para-hydroxylation sites is 1. The molecule has 1 aliphatic rings. The largest absolute Gasteiger partial charge is 0.456 e. The Morgan fingerprint density at radius 2 is 1.03 bits per heavy atom. The third-order valence-corrected chi connectivity index (χ3v) is 13.4. The molecule has 0 spiro atoms. The first-order valence-electron chi connectivity index (χ1n) is 19.8. The Bertz CT molecular complexity index is 3310. The molecule has 0 aliphatic heterocycles. The van der Waals surface area contributed by atoms with Crippen LogP contribution in [0.25, 0.3) is 64.4 Å². The number of fused-ring (bicyclic) bond motifs is 9. The molecule has 2 nitrogen and oxygen atoms in total. The summed E-state index contributed by atoms with van der Waals surface area (Å²) < 4.78 is 8.98. The van der Waals surface area contributed by atoms with Gasteiger partial charge in [-0.25, -0.2) is 0 Å². The van der Waals surface area contributed by atoms with Crippen molar-refractivity contribution in [1.29, 1.82) is 0 Å². The van der Waals surface area contributed by atoms with Crippen LogP contribution in [0.2, 0.25) is 0 Å². The second-order valence-electron chi connectivity index (χ2n) is 15.2. The molecule has 0 saturated heterocycles. The first kappa shape index (κ1) is 33.0. The van der Waals surface area contributed by atoms with Crippen LogP contribution in [0.5, 0.6) is 0 Å². The van der Waals surface area contributed by atoms with Gasteiger partial charge in [-0.15, -0.1) is 11.3 Å². The molecule has 2 aromatic heterocycles. The maximum atomic E-state index is 6.48. The molecule has 0 atom stereocenters. The minimum absolute atomic E-state index is 0.458. The van der Waals surface area contributed by atoms with Crippen molar-refractivity contribution in [2.24, 2.45) is 0 Å². The van der Waals surface area contributed by atoms with Crippen LogP contribution in [0.1, 0.15) is 22.3 Å². The molecular weight excluding hydrogens is 723 g/mol. The second kappa shape index (κ2) is 12.9. The molecule has 0 N–H and O–H groups in total. The Hall–Kier alpha value is -7.20. The minimum Gasteiger partial charge on any atom is -0.456 e. The highest BCUT2D eigenvalue weighted by Gasteiger charge is 2.46. The zero-order valence-electron chi connectivity index (χ0n) is 31.5. The van der Waals surface area contributed by atoms with Crippen molar-refractivity contribution in [3.63, 3.8) is 0 Å². The van der Waals surface area contributed by atoms with Gasteiger partial charge in [0.25, 0.3) is 0 Å². The van der Waals surface area contributed by atoms with E-state index in [2.05, 4.69) is 205 Å². The Labute approximate surface area is 340 Å². The number of anilines is 3. The summed E-state index contributed by atoms with van der Waals surface area (Å²) in [5.41, 5.74) is 14.7. The van der Waals surface area contributed by atoms with Crippen LogP contribution in [-0.4, -0.2) is 0 Å². The van der Waals surface area contributed by atoms with Gasteiger partial charge in [0.2, 0.25) is 0 Å². The summed E-state index contributed by atoms with van der Waals surface area (Å²) in [6.07, 6.45) is 0. The summed E-state index contributed by atoms with van der Waals surface area (Å²) in [6.45, 7) is 0. The predicted octanol–water partition coefficient (Wildman–Crippen LogP) is 15.5. The number of furan rings is 1. The third kappa shape index (κ3) is 4.84. The lowest BCUT2D eigenvalue weighted by molar-refractivity contribution is 0.669. The van der Waals surface area contributed by atoms with Gasteiger partial charge in [0, 0.05) is 43.7 Å². The maximum absolute atomic E-state index is 6.48. The van der Waals surface area contributed by atoms with E-state index in [0.717, 1.165) is 39.0 Å². The van der Waals surface area contributed by atoms with Crippen LogP contribution in [0.3, 0.4) is 0 Å². The van der Waals surface area contributed by atoms with Crippen molar-refractivity contribution in [3.05, 3.63) is 235 Å². The number of hydrogen-bond donors (Lipinski definition) is 0. The highest BCUT2D eigenvalue weighted by atomic mass is 32.1. The van der Waals surface area contributed by atoms with Crippen molar-refractivity contribution in [1.82, 2.24) is 0 Å². The van der Waals surface area contributed by atoms with Crippen molar-refractivity contribution in [3.8, 4) is 22.3 Å². The van der Waals surface area contributed by atoms with Gasteiger partial charge in [-0.2, -0.15) is 0 Å². The Kier molecular flexibility index (Phi) is 7.35. The van der Waals surface area contributed by atoms with Gasteiger partial charge in [0.15, 0.2) is 0 Å². The monoisotopic (exact) mass is 757 g/mol. The van der Waals surface area contributed by atoms with Crippen LogP contribution in [-0.2, 0) is 5.41 Å². The molecular formula is C55H35NOS. The molecule has 0 bridgehead atoms. The third-order valence-electron chi connectivity index (χ3n) is 12.1. The fourth-order valence-electron chi connectivity index (χ4n) is 9.64. The van der Waals surface area contributed by atoms with Crippen molar-refractivity contribution < 1.29 is 4.42 Å². The lowest BCUT2D eigenvalue weighted by atomic mass is 9.67. The first-order chi connectivity index (χ1) is 28.8. The normalized spacial score (nSPS) is 13.0. The lowest BCUT2D eigenvalue weighted by Crippen LogP contribution is -2.28. The molecule has 11 aromatic rings. The quantitative estimate of drug-likeness (QED) is 0.168. The molecule has 58 heavy (non-hydrogen) atoms. The maximum Gasteiger partial charge on any atom is 0.137 e. The Morgan fingerprint density at radius 1 is 0.397 bits per heavy atom. The van der Waals surface area contributed by atoms with Crippen LogP contribution in [0, 0.1) is 0 Å². The molecule has 3 heteroatoms. The van der Waals surface area contributed by atoms with E-state index in [4.69, 9.17) is 4.42 Å². The predicted molar refractivity (Wildman–Crippen MR) is 244 cm³/mol. The van der Waals surface area contributed by atoms with E-state index >= 15 is 0 Å². The number of rotatable bonds is 6. The minimum atomic E-state index is -0.458. The summed E-state index contributed by atoms with van der Waals surface area (Å²) in [6, 6.07) is 77.5. The van der Waals surface area contributed by atoms with Crippen molar-refractivity contribution >= 4 is 70.5 Å². The Balaban J connectivity index is 1.09. The summed E-state index contributed by atoms with van der Waals surface area (Å²) in [4.78, 5) is 2.41. The first-order valence-corrected chi connectivity index (χ1v) is 20.6. The molecule has 1 aliphatic carbocycles. The topological polar surface area (TPSA) is 16.4 Å².